The number of benzene rings is 2. The molecule has 1 unspecified atom stereocenters. The highest BCUT2D eigenvalue weighted by Gasteiger charge is 2.21. The SMILES string of the molecule is C=CCn1c(SC(C)C(=O)Nc2ccc3c(c2)c2ccccc2n3CC)nnc1-c1ccncc1. The van der Waals surface area contributed by atoms with Gasteiger partial charge in [-0.2, -0.15) is 0 Å². The molecule has 1 N–H and O–H groups in total. The van der Waals surface area contributed by atoms with Crippen molar-refractivity contribution in [2.24, 2.45) is 0 Å². The van der Waals surface area contributed by atoms with Gasteiger partial charge in [-0.15, -0.1) is 16.8 Å². The molecule has 5 aromatic rings. The van der Waals surface area contributed by atoms with E-state index in [0.717, 1.165) is 34.5 Å². The maximum Gasteiger partial charge on any atom is 0.237 e. The van der Waals surface area contributed by atoms with Gasteiger partial charge in [0.25, 0.3) is 0 Å². The minimum absolute atomic E-state index is 0.0906. The summed E-state index contributed by atoms with van der Waals surface area (Å²) < 4.78 is 4.25. The van der Waals surface area contributed by atoms with Crippen LogP contribution in [0.2, 0.25) is 0 Å². The molecule has 0 fully saturated rings. The summed E-state index contributed by atoms with van der Waals surface area (Å²) >= 11 is 1.38. The Labute approximate surface area is 207 Å². The van der Waals surface area contributed by atoms with Gasteiger partial charge in [0.05, 0.1) is 5.25 Å². The van der Waals surface area contributed by atoms with E-state index in [2.05, 4.69) is 68.9 Å². The van der Waals surface area contributed by atoms with Crippen molar-refractivity contribution in [3.63, 3.8) is 0 Å². The number of pyridine rings is 1. The minimum Gasteiger partial charge on any atom is -0.341 e. The Balaban J connectivity index is 1.38. The number of aromatic nitrogens is 5. The van der Waals surface area contributed by atoms with E-state index in [1.54, 1.807) is 18.5 Å². The largest absolute Gasteiger partial charge is 0.341 e. The fourth-order valence-corrected chi connectivity index (χ4v) is 5.17. The summed E-state index contributed by atoms with van der Waals surface area (Å²) in [6.07, 6.45) is 5.24. The number of nitrogens with one attached hydrogen (secondary N) is 1. The van der Waals surface area contributed by atoms with Crippen LogP contribution in [0.3, 0.4) is 0 Å². The molecule has 2 aromatic carbocycles. The van der Waals surface area contributed by atoms with E-state index >= 15 is 0 Å². The number of carbonyl (C=O) groups is 1. The smallest absolute Gasteiger partial charge is 0.237 e. The topological polar surface area (TPSA) is 77.6 Å². The van der Waals surface area contributed by atoms with Gasteiger partial charge in [0, 0.05) is 58.5 Å². The minimum atomic E-state index is -0.374. The van der Waals surface area contributed by atoms with Gasteiger partial charge < -0.3 is 9.88 Å². The number of carbonyl (C=O) groups excluding carboxylic acids is 1. The number of fused-ring (bicyclic) bond motifs is 3. The van der Waals surface area contributed by atoms with E-state index < -0.39 is 0 Å². The van der Waals surface area contributed by atoms with Gasteiger partial charge in [-0.25, -0.2) is 0 Å². The van der Waals surface area contributed by atoms with E-state index in [4.69, 9.17) is 0 Å². The van der Waals surface area contributed by atoms with Crippen molar-refractivity contribution in [1.29, 1.82) is 0 Å². The zero-order chi connectivity index (χ0) is 24.4. The van der Waals surface area contributed by atoms with Crippen LogP contribution < -0.4 is 5.32 Å². The third-order valence-corrected chi connectivity index (χ3v) is 7.06. The Hall–Kier alpha value is -3.91. The molecule has 7 nitrogen and oxygen atoms in total. The molecule has 1 atom stereocenters. The van der Waals surface area contributed by atoms with Crippen LogP contribution in [0.25, 0.3) is 33.2 Å². The van der Waals surface area contributed by atoms with Gasteiger partial charge in [0.15, 0.2) is 11.0 Å². The van der Waals surface area contributed by atoms with Crippen LogP contribution in [0.4, 0.5) is 5.69 Å². The zero-order valence-electron chi connectivity index (χ0n) is 19.7. The molecule has 35 heavy (non-hydrogen) atoms. The molecule has 0 aliphatic carbocycles. The average Bonchev–Trinajstić information content (AvgIpc) is 3.43. The molecule has 5 rings (SSSR count). The van der Waals surface area contributed by atoms with Crippen LogP contribution in [0, 0.1) is 0 Å². The summed E-state index contributed by atoms with van der Waals surface area (Å²) in [5.41, 5.74) is 4.05. The Morgan fingerprint density at radius 2 is 1.83 bits per heavy atom. The third-order valence-electron chi connectivity index (χ3n) is 5.97. The Morgan fingerprint density at radius 3 is 2.60 bits per heavy atom. The van der Waals surface area contributed by atoms with E-state index in [1.807, 2.05) is 35.8 Å². The van der Waals surface area contributed by atoms with Crippen molar-refractivity contribution < 1.29 is 4.79 Å². The highest BCUT2D eigenvalue weighted by Crippen LogP contribution is 2.32. The summed E-state index contributed by atoms with van der Waals surface area (Å²) in [6.45, 7) is 9.30. The molecule has 0 aliphatic rings. The molecule has 0 spiro atoms. The van der Waals surface area contributed by atoms with E-state index in [-0.39, 0.29) is 11.2 Å². The molecule has 176 valence electrons. The number of para-hydroxylation sites is 1. The van der Waals surface area contributed by atoms with Crippen molar-refractivity contribution >= 4 is 45.2 Å². The Morgan fingerprint density at radius 1 is 1.06 bits per heavy atom. The summed E-state index contributed by atoms with van der Waals surface area (Å²) in [5, 5.41) is 14.4. The van der Waals surface area contributed by atoms with Crippen LogP contribution >= 0.6 is 11.8 Å². The maximum atomic E-state index is 13.1. The number of hydrogen-bond acceptors (Lipinski definition) is 5. The predicted molar refractivity (Wildman–Crippen MR) is 143 cm³/mol. The molecule has 3 heterocycles. The van der Waals surface area contributed by atoms with Crippen molar-refractivity contribution in [2.75, 3.05) is 5.32 Å². The van der Waals surface area contributed by atoms with Gasteiger partial charge >= 0.3 is 0 Å². The van der Waals surface area contributed by atoms with Crippen molar-refractivity contribution in [1.82, 2.24) is 24.3 Å². The van der Waals surface area contributed by atoms with Crippen molar-refractivity contribution in [3.8, 4) is 11.4 Å². The predicted octanol–water partition coefficient (Wildman–Crippen LogP) is 5.77. The fraction of sp³-hybridized carbons (Fsp3) is 0.185. The molecule has 0 aliphatic heterocycles. The Kier molecular flexibility index (Phi) is 6.37. The first-order valence-electron chi connectivity index (χ1n) is 11.5. The molecular weight excluding hydrogens is 456 g/mol. The lowest BCUT2D eigenvalue weighted by atomic mass is 10.1. The normalized spacial score (nSPS) is 12.2. The summed E-state index contributed by atoms with van der Waals surface area (Å²) in [6, 6.07) is 18.2. The first-order chi connectivity index (χ1) is 17.1. The first kappa shape index (κ1) is 22.9. The van der Waals surface area contributed by atoms with Crippen molar-refractivity contribution in [3.05, 3.63) is 79.6 Å². The number of amides is 1. The average molecular weight is 483 g/mol. The van der Waals surface area contributed by atoms with Gasteiger partial charge in [0.2, 0.25) is 5.91 Å². The van der Waals surface area contributed by atoms with E-state index in [9.17, 15) is 4.79 Å². The second-order valence-corrected chi connectivity index (χ2v) is 9.49. The second kappa shape index (κ2) is 9.76. The van der Waals surface area contributed by atoms with Crippen LogP contribution in [0.15, 0.2) is 84.8 Å². The highest BCUT2D eigenvalue weighted by atomic mass is 32.2. The molecule has 3 aromatic heterocycles. The molecule has 0 saturated carbocycles. The monoisotopic (exact) mass is 482 g/mol. The lowest BCUT2D eigenvalue weighted by Crippen LogP contribution is -2.23. The molecular formula is C27H26N6OS. The summed E-state index contributed by atoms with van der Waals surface area (Å²) in [5.74, 6) is 0.632. The number of anilines is 1. The summed E-state index contributed by atoms with van der Waals surface area (Å²) in [7, 11) is 0. The third kappa shape index (κ3) is 4.33. The van der Waals surface area contributed by atoms with Crippen LogP contribution in [0.5, 0.6) is 0 Å². The van der Waals surface area contributed by atoms with Crippen molar-refractivity contribution in [2.45, 2.75) is 37.3 Å². The van der Waals surface area contributed by atoms with Gasteiger partial charge in [0.1, 0.15) is 0 Å². The Bertz CT molecular complexity index is 1520. The van der Waals surface area contributed by atoms with Crippen LogP contribution in [-0.4, -0.2) is 35.5 Å². The van der Waals surface area contributed by atoms with Crippen LogP contribution in [-0.2, 0) is 17.9 Å². The van der Waals surface area contributed by atoms with Gasteiger partial charge in [-0.1, -0.05) is 36.0 Å². The lowest BCUT2D eigenvalue weighted by Gasteiger charge is -2.13. The van der Waals surface area contributed by atoms with E-state index in [0.29, 0.717) is 11.7 Å². The maximum absolute atomic E-state index is 13.1. The van der Waals surface area contributed by atoms with Gasteiger partial charge in [-0.3, -0.25) is 14.3 Å². The second-order valence-electron chi connectivity index (χ2n) is 8.18. The number of allylic oxidation sites excluding steroid dienone is 1. The molecule has 0 bridgehead atoms. The highest BCUT2D eigenvalue weighted by molar-refractivity contribution is 8.00. The number of rotatable bonds is 8. The number of aryl methyl sites for hydroxylation is 1. The number of hydrogen-bond donors (Lipinski definition) is 1. The van der Waals surface area contributed by atoms with Crippen LogP contribution in [0.1, 0.15) is 13.8 Å². The molecule has 1 amide bonds. The zero-order valence-corrected chi connectivity index (χ0v) is 20.5. The van der Waals surface area contributed by atoms with E-state index in [1.165, 1.54) is 22.7 Å². The molecule has 8 heteroatoms. The number of thioether (sulfide) groups is 1. The van der Waals surface area contributed by atoms with Gasteiger partial charge in [-0.05, 0) is 50.2 Å². The standard InChI is InChI=1S/C27H26N6OS/c1-4-16-33-25(19-12-14-28-15-13-19)30-31-27(33)35-18(3)26(34)29-20-10-11-24-22(17-20)21-8-6-7-9-23(21)32(24)5-2/h4,6-15,17-18H,1,5,16H2,2-3H3,(H,29,34). The fourth-order valence-electron chi connectivity index (χ4n) is 4.31. The first-order valence-corrected chi connectivity index (χ1v) is 12.4. The number of nitrogens with zero attached hydrogens (tertiary/aromatic N) is 5. The summed E-state index contributed by atoms with van der Waals surface area (Å²) in [4.78, 5) is 17.2. The lowest BCUT2D eigenvalue weighted by molar-refractivity contribution is -0.115. The quantitative estimate of drug-likeness (QED) is 0.224. The molecule has 0 saturated heterocycles. The molecule has 0 radical (unpaired) electrons.